The molecule has 0 heterocycles. The second-order valence-corrected chi connectivity index (χ2v) is 6.39. The molecule has 0 unspecified atom stereocenters. The second-order valence-electron chi connectivity index (χ2n) is 6.39. The van der Waals surface area contributed by atoms with Gasteiger partial charge >= 0.3 is 0 Å². The van der Waals surface area contributed by atoms with Gasteiger partial charge in [-0.15, -0.1) is 0 Å². The molecular formula is C26H20O. The molecule has 0 aliphatic rings. The Kier molecular flexibility index (Phi) is 5.01. The molecule has 0 fully saturated rings. The van der Waals surface area contributed by atoms with E-state index >= 15 is 0 Å². The second kappa shape index (κ2) is 7.91. The van der Waals surface area contributed by atoms with E-state index in [4.69, 9.17) is 4.74 Å². The highest BCUT2D eigenvalue weighted by atomic mass is 16.5. The van der Waals surface area contributed by atoms with Crippen molar-refractivity contribution in [3.63, 3.8) is 0 Å². The van der Waals surface area contributed by atoms with Crippen molar-refractivity contribution in [2.24, 2.45) is 0 Å². The average molecular weight is 348 g/mol. The largest absolute Gasteiger partial charge is 0.381 e. The molecule has 0 N–H and O–H groups in total. The molecule has 4 rings (SSSR count). The van der Waals surface area contributed by atoms with Gasteiger partial charge in [0.1, 0.15) is 0 Å². The van der Waals surface area contributed by atoms with Crippen LogP contribution in [0.4, 0.5) is 0 Å². The molecule has 0 aromatic heterocycles. The molecule has 0 saturated carbocycles. The number of benzene rings is 4. The maximum Gasteiger partial charge on any atom is 0.0646 e. The van der Waals surface area contributed by atoms with Crippen LogP contribution in [0.2, 0.25) is 0 Å². The Morgan fingerprint density at radius 1 is 0.778 bits per heavy atom. The molecule has 4 aromatic rings. The minimum absolute atomic E-state index is 0.593. The summed E-state index contributed by atoms with van der Waals surface area (Å²) in [6, 6.07) is 27.3. The van der Waals surface area contributed by atoms with E-state index in [1.54, 1.807) is 7.11 Å². The van der Waals surface area contributed by atoms with Crippen LogP contribution >= 0.6 is 0 Å². The first-order valence-corrected chi connectivity index (χ1v) is 9.04. The van der Waals surface area contributed by atoms with Crippen LogP contribution in [0.5, 0.6) is 0 Å². The van der Waals surface area contributed by atoms with Crippen molar-refractivity contribution in [2.75, 3.05) is 13.7 Å². The normalized spacial score (nSPS) is 11.0. The zero-order valence-corrected chi connectivity index (χ0v) is 15.3. The number of ether oxygens (including phenoxy) is 1. The van der Waals surface area contributed by atoms with Gasteiger partial charge in [0, 0.05) is 18.2 Å². The Morgan fingerprint density at radius 3 is 2.11 bits per heavy atom. The van der Waals surface area contributed by atoms with Crippen LogP contribution in [0, 0.1) is 11.8 Å². The highest BCUT2D eigenvalue weighted by Crippen LogP contribution is 2.27. The van der Waals surface area contributed by atoms with Gasteiger partial charge in [-0.05, 0) is 39.2 Å². The highest BCUT2D eigenvalue weighted by Gasteiger charge is 2.05. The fraction of sp³-hybridized carbons (Fsp3) is 0.0769. The molecule has 27 heavy (non-hydrogen) atoms. The smallest absolute Gasteiger partial charge is 0.0646 e. The van der Waals surface area contributed by atoms with Crippen molar-refractivity contribution in [3.05, 3.63) is 102 Å². The van der Waals surface area contributed by atoms with Crippen molar-refractivity contribution in [3.8, 4) is 11.8 Å². The van der Waals surface area contributed by atoms with E-state index in [1.807, 2.05) is 18.2 Å². The first-order valence-electron chi connectivity index (χ1n) is 9.04. The summed E-state index contributed by atoms with van der Waals surface area (Å²) in [5, 5.41) is 4.81. The Labute approximate surface area is 159 Å². The summed E-state index contributed by atoms with van der Waals surface area (Å²) in [7, 11) is 1.70. The number of hydrogen-bond acceptors (Lipinski definition) is 1. The molecular weight excluding hydrogens is 328 g/mol. The zero-order valence-electron chi connectivity index (χ0n) is 15.3. The average Bonchev–Trinajstić information content (AvgIpc) is 2.72. The molecule has 0 spiro atoms. The van der Waals surface area contributed by atoms with Crippen LogP contribution < -0.4 is 0 Å². The van der Waals surface area contributed by atoms with Crippen LogP contribution in [0.1, 0.15) is 16.7 Å². The first kappa shape index (κ1) is 17.1. The zero-order chi connectivity index (χ0) is 18.5. The highest BCUT2D eigenvalue weighted by molar-refractivity contribution is 6.04. The maximum atomic E-state index is 5.11. The summed E-state index contributed by atoms with van der Waals surface area (Å²) in [5.74, 6) is 6.86. The Bertz CT molecular complexity index is 1130. The molecule has 0 aliphatic carbocycles. The summed E-state index contributed by atoms with van der Waals surface area (Å²) < 4.78 is 5.11. The van der Waals surface area contributed by atoms with Crippen LogP contribution in [0.15, 0.2) is 84.9 Å². The first-order chi connectivity index (χ1) is 13.4. The summed E-state index contributed by atoms with van der Waals surface area (Å²) >= 11 is 0. The van der Waals surface area contributed by atoms with E-state index in [2.05, 4.69) is 84.6 Å². The minimum atomic E-state index is 0.593. The van der Waals surface area contributed by atoms with Gasteiger partial charge in [0.25, 0.3) is 0 Å². The standard InChI is InChI=1S/C26H20O/c1-27-18-8-13-20-9-2-3-10-21(20)16-17-26-24-14-6-4-11-22(24)19-23-12-5-7-15-25(23)26/h2-15,19H,18H2,1H3. The Hall–Kier alpha value is -3.34. The monoisotopic (exact) mass is 348 g/mol. The third kappa shape index (κ3) is 3.62. The predicted molar refractivity (Wildman–Crippen MR) is 115 cm³/mol. The van der Waals surface area contributed by atoms with Crippen molar-refractivity contribution in [1.82, 2.24) is 0 Å². The summed E-state index contributed by atoms with van der Waals surface area (Å²) in [5.41, 5.74) is 3.20. The number of fused-ring (bicyclic) bond motifs is 2. The number of rotatable bonds is 3. The van der Waals surface area contributed by atoms with E-state index in [1.165, 1.54) is 21.5 Å². The van der Waals surface area contributed by atoms with Gasteiger partial charge in [-0.3, -0.25) is 0 Å². The van der Waals surface area contributed by atoms with Gasteiger partial charge in [0.05, 0.1) is 6.61 Å². The summed E-state index contributed by atoms with van der Waals surface area (Å²) in [6.07, 6.45) is 4.07. The lowest BCUT2D eigenvalue weighted by Gasteiger charge is -2.06. The molecule has 1 nitrogen and oxygen atoms in total. The fourth-order valence-electron chi connectivity index (χ4n) is 3.31. The van der Waals surface area contributed by atoms with Crippen molar-refractivity contribution >= 4 is 27.6 Å². The van der Waals surface area contributed by atoms with Crippen LogP contribution in [-0.2, 0) is 4.74 Å². The van der Waals surface area contributed by atoms with E-state index < -0.39 is 0 Å². The topological polar surface area (TPSA) is 9.23 Å². The van der Waals surface area contributed by atoms with Crippen molar-refractivity contribution in [1.29, 1.82) is 0 Å². The Balaban J connectivity index is 1.88. The molecule has 0 aliphatic heterocycles. The van der Waals surface area contributed by atoms with Crippen LogP contribution in [0.3, 0.4) is 0 Å². The van der Waals surface area contributed by atoms with E-state index in [0.717, 1.165) is 16.7 Å². The van der Waals surface area contributed by atoms with E-state index in [-0.39, 0.29) is 0 Å². The minimum Gasteiger partial charge on any atom is -0.381 e. The van der Waals surface area contributed by atoms with Gasteiger partial charge in [0.2, 0.25) is 0 Å². The predicted octanol–water partition coefficient (Wildman–Crippen LogP) is 6.05. The summed E-state index contributed by atoms with van der Waals surface area (Å²) in [4.78, 5) is 0. The fourth-order valence-corrected chi connectivity index (χ4v) is 3.31. The lowest BCUT2D eigenvalue weighted by atomic mass is 9.96. The SMILES string of the molecule is COCC=Cc1ccccc1C#Cc1c2ccccc2cc2ccccc12. The third-order valence-electron chi connectivity index (χ3n) is 4.61. The van der Waals surface area contributed by atoms with E-state index in [0.29, 0.717) is 6.61 Å². The quantitative estimate of drug-likeness (QED) is 0.323. The molecule has 0 radical (unpaired) electrons. The molecule has 0 saturated heterocycles. The summed E-state index contributed by atoms with van der Waals surface area (Å²) in [6.45, 7) is 0.593. The molecule has 1 heteroatoms. The lowest BCUT2D eigenvalue weighted by Crippen LogP contribution is -1.86. The van der Waals surface area contributed by atoms with E-state index in [9.17, 15) is 0 Å². The van der Waals surface area contributed by atoms with Crippen molar-refractivity contribution in [2.45, 2.75) is 0 Å². The molecule has 4 aromatic carbocycles. The van der Waals surface area contributed by atoms with Gasteiger partial charge < -0.3 is 4.74 Å². The van der Waals surface area contributed by atoms with Crippen molar-refractivity contribution < 1.29 is 4.74 Å². The number of hydrogen-bond donors (Lipinski definition) is 0. The maximum absolute atomic E-state index is 5.11. The number of methoxy groups -OCH3 is 1. The van der Waals surface area contributed by atoms with Gasteiger partial charge in [-0.1, -0.05) is 90.7 Å². The van der Waals surface area contributed by atoms with Gasteiger partial charge in [-0.2, -0.15) is 0 Å². The lowest BCUT2D eigenvalue weighted by molar-refractivity contribution is 0.234. The van der Waals surface area contributed by atoms with Gasteiger partial charge in [-0.25, -0.2) is 0 Å². The molecule has 0 bridgehead atoms. The molecule has 130 valence electrons. The molecule has 0 atom stereocenters. The third-order valence-corrected chi connectivity index (χ3v) is 4.61. The van der Waals surface area contributed by atoms with Crippen LogP contribution in [-0.4, -0.2) is 13.7 Å². The van der Waals surface area contributed by atoms with Crippen LogP contribution in [0.25, 0.3) is 27.6 Å². The Morgan fingerprint density at radius 2 is 1.41 bits per heavy atom. The molecule has 0 amide bonds. The van der Waals surface area contributed by atoms with Gasteiger partial charge in [0.15, 0.2) is 0 Å².